The Hall–Kier alpha value is -0.0800. The Morgan fingerprint density at radius 1 is 1.21 bits per heavy atom. The molecule has 0 aromatic rings. The molecule has 0 spiro atoms. The van der Waals surface area contributed by atoms with Crippen LogP contribution in [0.2, 0.25) is 0 Å². The number of piperidine rings is 1. The van der Waals surface area contributed by atoms with Crippen molar-refractivity contribution >= 4 is 0 Å². The Morgan fingerprint density at radius 3 is 2.21 bits per heavy atom. The van der Waals surface area contributed by atoms with Gasteiger partial charge in [-0.1, -0.05) is 13.3 Å². The van der Waals surface area contributed by atoms with Crippen molar-refractivity contribution in [3.63, 3.8) is 0 Å². The van der Waals surface area contributed by atoms with Gasteiger partial charge in [-0.05, 0) is 65.5 Å². The van der Waals surface area contributed by atoms with E-state index in [1.807, 2.05) is 0 Å². The lowest BCUT2D eigenvalue weighted by atomic mass is 9.73. The van der Waals surface area contributed by atoms with Gasteiger partial charge in [0.1, 0.15) is 0 Å². The number of rotatable bonds is 4. The normalized spacial score (nSPS) is 22.9. The van der Waals surface area contributed by atoms with Crippen molar-refractivity contribution in [1.82, 2.24) is 9.80 Å². The second kappa shape index (κ2) is 5.13. The fourth-order valence-corrected chi connectivity index (χ4v) is 2.33. The molecular weight excluding hydrogens is 172 g/mol. The molecule has 84 valence electrons. The van der Waals surface area contributed by atoms with Crippen molar-refractivity contribution in [2.45, 2.75) is 32.6 Å². The van der Waals surface area contributed by atoms with Crippen LogP contribution in [0.5, 0.6) is 0 Å². The van der Waals surface area contributed by atoms with Crippen LogP contribution in [-0.4, -0.2) is 50.6 Å². The van der Waals surface area contributed by atoms with Crippen LogP contribution in [0.15, 0.2) is 0 Å². The first-order valence-electron chi connectivity index (χ1n) is 5.91. The van der Waals surface area contributed by atoms with Crippen LogP contribution in [0.3, 0.4) is 0 Å². The standard InChI is InChI=1S/C12H26N2/c1-5-12(6-9-13(2)3)7-10-14(4)11-8-12/h5-11H2,1-4H3. The van der Waals surface area contributed by atoms with Crippen LogP contribution in [-0.2, 0) is 0 Å². The summed E-state index contributed by atoms with van der Waals surface area (Å²) in [6.07, 6.45) is 5.53. The lowest BCUT2D eigenvalue weighted by Gasteiger charge is -2.41. The molecule has 0 radical (unpaired) electrons. The third-order valence-electron chi connectivity index (χ3n) is 3.89. The molecular formula is C12H26N2. The Balaban J connectivity index is 2.41. The number of likely N-dealkylation sites (tertiary alicyclic amines) is 1. The average Bonchev–Trinajstić information content (AvgIpc) is 2.18. The van der Waals surface area contributed by atoms with Gasteiger partial charge in [-0.15, -0.1) is 0 Å². The van der Waals surface area contributed by atoms with Gasteiger partial charge in [-0.2, -0.15) is 0 Å². The largest absolute Gasteiger partial charge is 0.309 e. The summed E-state index contributed by atoms with van der Waals surface area (Å²) in [6, 6.07) is 0. The van der Waals surface area contributed by atoms with Crippen molar-refractivity contribution in [1.29, 1.82) is 0 Å². The SMILES string of the molecule is CCC1(CCN(C)C)CCN(C)CC1. The van der Waals surface area contributed by atoms with Crippen LogP contribution < -0.4 is 0 Å². The third-order valence-corrected chi connectivity index (χ3v) is 3.89. The highest BCUT2D eigenvalue weighted by atomic mass is 15.1. The summed E-state index contributed by atoms with van der Waals surface area (Å²) < 4.78 is 0. The van der Waals surface area contributed by atoms with Gasteiger partial charge in [-0.3, -0.25) is 0 Å². The van der Waals surface area contributed by atoms with E-state index in [4.69, 9.17) is 0 Å². The van der Waals surface area contributed by atoms with Crippen LogP contribution in [0.25, 0.3) is 0 Å². The molecule has 0 aliphatic carbocycles. The quantitative estimate of drug-likeness (QED) is 0.682. The van der Waals surface area contributed by atoms with E-state index < -0.39 is 0 Å². The fraction of sp³-hybridized carbons (Fsp3) is 1.00. The summed E-state index contributed by atoms with van der Waals surface area (Å²) in [5.41, 5.74) is 0.650. The van der Waals surface area contributed by atoms with E-state index in [2.05, 4.69) is 37.9 Å². The van der Waals surface area contributed by atoms with Crippen molar-refractivity contribution < 1.29 is 0 Å². The summed E-state index contributed by atoms with van der Waals surface area (Å²) >= 11 is 0. The molecule has 0 aromatic carbocycles. The zero-order valence-electron chi connectivity index (χ0n) is 10.3. The van der Waals surface area contributed by atoms with E-state index >= 15 is 0 Å². The number of hydrogen-bond acceptors (Lipinski definition) is 2. The molecule has 1 fully saturated rings. The Labute approximate surface area is 89.3 Å². The first-order chi connectivity index (χ1) is 6.58. The summed E-state index contributed by atoms with van der Waals surface area (Å²) in [7, 11) is 6.60. The topological polar surface area (TPSA) is 6.48 Å². The van der Waals surface area contributed by atoms with Gasteiger partial charge in [0, 0.05) is 0 Å². The van der Waals surface area contributed by atoms with Gasteiger partial charge in [0.05, 0.1) is 0 Å². The van der Waals surface area contributed by atoms with E-state index in [1.165, 1.54) is 45.3 Å². The molecule has 1 aliphatic rings. The molecule has 1 aliphatic heterocycles. The molecule has 0 bridgehead atoms. The van der Waals surface area contributed by atoms with E-state index in [0.29, 0.717) is 5.41 Å². The van der Waals surface area contributed by atoms with E-state index in [1.54, 1.807) is 0 Å². The van der Waals surface area contributed by atoms with Crippen LogP contribution >= 0.6 is 0 Å². The predicted octanol–water partition coefficient (Wildman–Crippen LogP) is 2.06. The Morgan fingerprint density at radius 2 is 1.79 bits per heavy atom. The lowest BCUT2D eigenvalue weighted by Crippen LogP contribution is -2.39. The van der Waals surface area contributed by atoms with Gasteiger partial charge in [0.2, 0.25) is 0 Å². The first kappa shape index (κ1) is 12.0. The maximum atomic E-state index is 2.46. The van der Waals surface area contributed by atoms with E-state index in [-0.39, 0.29) is 0 Å². The molecule has 1 saturated heterocycles. The number of nitrogens with zero attached hydrogens (tertiary/aromatic N) is 2. The smallest absolute Gasteiger partial charge is 0.00165 e. The monoisotopic (exact) mass is 198 g/mol. The molecule has 2 heteroatoms. The molecule has 0 aromatic heterocycles. The molecule has 14 heavy (non-hydrogen) atoms. The molecule has 0 saturated carbocycles. The molecule has 0 N–H and O–H groups in total. The molecule has 0 unspecified atom stereocenters. The summed E-state index contributed by atoms with van der Waals surface area (Å²) in [6.45, 7) is 6.20. The second-order valence-corrected chi connectivity index (χ2v) is 5.21. The molecule has 1 rings (SSSR count). The van der Waals surface area contributed by atoms with Crippen LogP contribution in [0.1, 0.15) is 32.6 Å². The second-order valence-electron chi connectivity index (χ2n) is 5.21. The maximum absolute atomic E-state index is 2.46. The summed E-state index contributed by atoms with van der Waals surface area (Å²) in [4.78, 5) is 4.78. The van der Waals surface area contributed by atoms with Gasteiger partial charge in [0.25, 0.3) is 0 Å². The van der Waals surface area contributed by atoms with Gasteiger partial charge >= 0.3 is 0 Å². The Kier molecular flexibility index (Phi) is 4.39. The van der Waals surface area contributed by atoms with Crippen LogP contribution in [0, 0.1) is 5.41 Å². The van der Waals surface area contributed by atoms with Gasteiger partial charge in [-0.25, -0.2) is 0 Å². The van der Waals surface area contributed by atoms with Crippen LogP contribution in [0.4, 0.5) is 0 Å². The Bertz CT molecular complexity index is 158. The van der Waals surface area contributed by atoms with E-state index in [0.717, 1.165) is 0 Å². The minimum Gasteiger partial charge on any atom is -0.309 e. The highest BCUT2D eigenvalue weighted by Gasteiger charge is 2.31. The van der Waals surface area contributed by atoms with Crippen molar-refractivity contribution in [3.05, 3.63) is 0 Å². The lowest BCUT2D eigenvalue weighted by molar-refractivity contribution is 0.0985. The van der Waals surface area contributed by atoms with Gasteiger partial charge in [0.15, 0.2) is 0 Å². The third kappa shape index (κ3) is 3.25. The highest BCUT2D eigenvalue weighted by Crippen LogP contribution is 2.37. The summed E-state index contributed by atoms with van der Waals surface area (Å²) in [5, 5.41) is 0. The average molecular weight is 198 g/mol. The molecule has 0 amide bonds. The zero-order chi connectivity index (χ0) is 10.6. The minimum atomic E-state index is 0.650. The molecule has 0 atom stereocenters. The number of hydrogen-bond donors (Lipinski definition) is 0. The van der Waals surface area contributed by atoms with Crippen molar-refractivity contribution in [3.8, 4) is 0 Å². The highest BCUT2D eigenvalue weighted by molar-refractivity contribution is 4.84. The van der Waals surface area contributed by atoms with Gasteiger partial charge < -0.3 is 9.80 Å². The minimum absolute atomic E-state index is 0.650. The van der Waals surface area contributed by atoms with Crippen molar-refractivity contribution in [2.75, 3.05) is 40.8 Å². The van der Waals surface area contributed by atoms with Crippen molar-refractivity contribution in [2.24, 2.45) is 5.41 Å². The molecule has 1 heterocycles. The fourth-order valence-electron chi connectivity index (χ4n) is 2.33. The van der Waals surface area contributed by atoms with E-state index in [9.17, 15) is 0 Å². The maximum Gasteiger partial charge on any atom is -0.00165 e. The zero-order valence-corrected chi connectivity index (χ0v) is 10.3. The first-order valence-corrected chi connectivity index (χ1v) is 5.91. The molecule has 2 nitrogen and oxygen atoms in total. The summed E-state index contributed by atoms with van der Waals surface area (Å²) in [5.74, 6) is 0. The predicted molar refractivity (Wildman–Crippen MR) is 62.6 cm³/mol.